The molecule has 130 valence electrons. The minimum Gasteiger partial charge on any atom is -0.493 e. The van der Waals surface area contributed by atoms with E-state index in [1.54, 1.807) is 6.07 Å². The van der Waals surface area contributed by atoms with Gasteiger partial charge in [0.2, 0.25) is 0 Å². The highest BCUT2D eigenvalue weighted by molar-refractivity contribution is 7.08. The average molecular weight is 365 g/mol. The molecule has 0 radical (unpaired) electrons. The molecule has 0 aliphatic rings. The van der Waals surface area contributed by atoms with Crippen molar-refractivity contribution in [3.8, 4) is 17.2 Å². The number of anilines is 1. The van der Waals surface area contributed by atoms with Crippen molar-refractivity contribution in [3.05, 3.63) is 58.8 Å². The van der Waals surface area contributed by atoms with Gasteiger partial charge in [0.15, 0.2) is 0 Å². The van der Waals surface area contributed by atoms with Gasteiger partial charge in [0.05, 0.1) is 12.2 Å². The molecule has 7 heteroatoms. The first-order valence-corrected chi connectivity index (χ1v) is 9.02. The van der Waals surface area contributed by atoms with Crippen molar-refractivity contribution in [2.45, 2.75) is 6.92 Å². The molecule has 1 N–H and O–H groups in total. The third kappa shape index (κ3) is 3.04. The van der Waals surface area contributed by atoms with Crippen molar-refractivity contribution in [2.75, 3.05) is 11.9 Å². The van der Waals surface area contributed by atoms with Gasteiger partial charge in [0.1, 0.15) is 5.75 Å². The normalized spacial score (nSPS) is 10.8. The van der Waals surface area contributed by atoms with E-state index < -0.39 is 0 Å². The lowest BCUT2D eigenvalue weighted by Gasteiger charge is -2.12. The summed E-state index contributed by atoms with van der Waals surface area (Å²) in [6.07, 6.45) is 0. The summed E-state index contributed by atoms with van der Waals surface area (Å²) in [4.78, 5) is 12.9. The quantitative estimate of drug-likeness (QED) is 0.559. The fourth-order valence-electron chi connectivity index (χ4n) is 2.70. The summed E-state index contributed by atoms with van der Waals surface area (Å²) in [6.45, 7) is 2.34. The van der Waals surface area contributed by atoms with Gasteiger partial charge in [-0.3, -0.25) is 10.1 Å². The number of nitrogens with zero attached hydrogens (tertiary/aromatic N) is 2. The maximum atomic E-state index is 12.9. The second-order valence-electron chi connectivity index (χ2n) is 5.47. The zero-order valence-electron chi connectivity index (χ0n) is 13.9. The zero-order chi connectivity index (χ0) is 17.9. The van der Waals surface area contributed by atoms with E-state index >= 15 is 0 Å². The van der Waals surface area contributed by atoms with Crippen LogP contribution in [0.25, 0.3) is 22.2 Å². The van der Waals surface area contributed by atoms with Crippen molar-refractivity contribution >= 4 is 34.0 Å². The van der Waals surface area contributed by atoms with E-state index in [1.807, 2.05) is 54.1 Å². The first-order chi connectivity index (χ1) is 12.8. The number of aromatic nitrogens is 2. The van der Waals surface area contributed by atoms with E-state index in [0.29, 0.717) is 23.8 Å². The minimum atomic E-state index is -0.356. The Labute approximate surface area is 153 Å². The lowest BCUT2D eigenvalue weighted by molar-refractivity contribution is 0.102. The summed E-state index contributed by atoms with van der Waals surface area (Å²) in [6, 6.07) is 13.3. The van der Waals surface area contributed by atoms with E-state index in [4.69, 9.17) is 9.15 Å². The third-order valence-electron chi connectivity index (χ3n) is 3.83. The van der Waals surface area contributed by atoms with Gasteiger partial charge in [-0.05, 0) is 35.2 Å². The van der Waals surface area contributed by atoms with Crippen LogP contribution in [0.1, 0.15) is 17.3 Å². The number of fused-ring (bicyclic) bond motifs is 1. The maximum absolute atomic E-state index is 12.9. The van der Waals surface area contributed by atoms with Crippen LogP contribution < -0.4 is 10.1 Å². The molecular formula is C19H15N3O3S. The van der Waals surface area contributed by atoms with E-state index in [0.717, 1.165) is 16.3 Å². The van der Waals surface area contributed by atoms with Gasteiger partial charge >= 0.3 is 6.01 Å². The predicted molar refractivity (Wildman–Crippen MR) is 101 cm³/mol. The summed E-state index contributed by atoms with van der Waals surface area (Å²) in [7, 11) is 0. The highest BCUT2D eigenvalue weighted by Gasteiger charge is 2.19. The molecule has 2 heterocycles. The SMILES string of the molecule is CCOc1ccc2ccccc2c1C(=O)Nc1nnc(-c2ccsc2)o1. The fraction of sp³-hybridized carbons (Fsp3) is 0.105. The Bertz CT molecular complexity index is 1060. The molecular weight excluding hydrogens is 350 g/mol. The van der Waals surface area contributed by atoms with Crippen LogP contribution in [0.3, 0.4) is 0 Å². The zero-order valence-corrected chi connectivity index (χ0v) is 14.7. The van der Waals surface area contributed by atoms with Crippen LogP contribution in [0.15, 0.2) is 57.6 Å². The highest BCUT2D eigenvalue weighted by atomic mass is 32.1. The van der Waals surface area contributed by atoms with Crippen LogP contribution in [0, 0.1) is 0 Å². The second kappa shape index (κ2) is 6.97. The summed E-state index contributed by atoms with van der Waals surface area (Å²) < 4.78 is 11.2. The molecule has 0 bridgehead atoms. The average Bonchev–Trinajstić information content (AvgIpc) is 3.33. The van der Waals surface area contributed by atoms with Crippen LogP contribution in [0.4, 0.5) is 6.01 Å². The molecule has 0 atom stereocenters. The second-order valence-corrected chi connectivity index (χ2v) is 6.25. The molecule has 0 aliphatic heterocycles. The van der Waals surface area contributed by atoms with Gasteiger partial charge < -0.3 is 9.15 Å². The number of ether oxygens (including phenoxy) is 1. The Morgan fingerprint density at radius 1 is 1.19 bits per heavy atom. The predicted octanol–water partition coefficient (Wildman–Crippen LogP) is 4.60. The number of thiophene rings is 1. The Kier molecular flexibility index (Phi) is 4.37. The van der Waals surface area contributed by atoms with Crippen molar-refractivity contribution in [3.63, 3.8) is 0 Å². The minimum absolute atomic E-state index is 0.0478. The maximum Gasteiger partial charge on any atom is 0.322 e. The standard InChI is InChI=1S/C19H15N3O3S/c1-2-24-15-8-7-12-5-3-4-6-14(12)16(15)17(23)20-19-22-21-18(25-19)13-9-10-26-11-13/h3-11H,2H2,1H3,(H,20,22,23). The van der Waals surface area contributed by atoms with Gasteiger partial charge in [0.25, 0.3) is 11.8 Å². The van der Waals surface area contributed by atoms with Gasteiger partial charge in [-0.1, -0.05) is 35.4 Å². The van der Waals surface area contributed by atoms with Crippen LogP contribution >= 0.6 is 11.3 Å². The van der Waals surface area contributed by atoms with Gasteiger partial charge in [-0.15, -0.1) is 5.10 Å². The Morgan fingerprint density at radius 2 is 2.08 bits per heavy atom. The molecule has 6 nitrogen and oxygen atoms in total. The van der Waals surface area contributed by atoms with Crippen LogP contribution in [0.2, 0.25) is 0 Å². The lowest BCUT2D eigenvalue weighted by atomic mass is 10.0. The van der Waals surface area contributed by atoms with Crippen LogP contribution in [-0.2, 0) is 0 Å². The number of benzene rings is 2. The molecule has 2 aromatic carbocycles. The van der Waals surface area contributed by atoms with Gasteiger partial charge in [-0.2, -0.15) is 11.3 Å². The van der Waals surface area contributed by atoms with Crippen molar-refractivity contribution in [1.29, 1.82) is 0 Å². The molecule has 0 saturated heterocycles. The number of nitrogens with one attached hydrogen (secondary N) is 1. The Morgan fingerprint density at radius 3 is 2.88 bits per heavy atom. The summed E-state index contributed by atoms with van der Waals surface area (Å²) >= 11 is 1.53. The van der Waals surface area contributed by atoms with Crippen molar-refractivity contribution in [1.82, 2.24) is 10.2 Å². The van der Waals surface area contributed by atoms with Crippen molar-refractivity contribution in [2.24, 2.45) is 0 Å². The highest BCUT2D eigenvalue weighted by Crippen LogP contribution is 2.29. The van der Waals surface area contributed by atoms with E-state index in [2.05, 4.69) is 15.5 Å². The molecule has 0 aliphatic carbocycles. The molecule has 0 saturated carbocycles. The Hall–Kier alpha value is -3.19. The monoisotopic (exact) mass is 365 g/mol. The first kappa shape index (κ1) is 16.3. The van der Waals surface area contributed by atoms with Crippen LogP contribution in [0.5, 0.6) is 5.75 Å². The van der Waals surface area contributed by atoms with Gasteiger partial charge in [0, 0.05) is 10.9 Å². The van der Waals surface area contributed by atoms with Crippen LogP contribution in [-0.4, -0.2) is 22.7 Å². The number of rotatable bonds is 5. The van der Waals surface area contributed by atoms with E-state index in [-0.39, 0.29) is 11.9 Å². The topological polar surface area (TPSA) is 77.2 Å². The molecule has 1 amide bonds. The molecule has 26 heavy (non-hydrogen) atoms. The largest absolute Gasteiger partial charge is 0.493 e. The molecule has 2 aromatic heterocycles. The number of carbonyl (C=O) groups is 1. The smallest absolute Gasteiger partial charge is 0.322 e. The molecule has 4 rings (SSSR count). The third-order valence-corrected chi connectivity index (χ3v) is 4.51. The van der Waals surface area contributed by atoms with Crippen molar-refractivity contribution < 1.29 is 13.9 Å². The van der Waals surface area contributed by atoms with E-state index in [1.165, 1.54) is 11.3 Å². The first-order valence-electron chi connectivity index (χ1n) is 8.08. The summed E-state index contributed by atoms with van der Waals surface area (Å²) in [5.74, 6) is 0.525. The molecule has 0 spiro atoms. The Balaban J connectivity index is 1.68. The van der Waals surface area contributed by atoms with E-state index in [9.17, 15) is 4.79 Å². The van der Waals surface area contributed by atoms with Gasteiger partial charge in [-0.25, -0.2) is 0 Å². The summed E-state index contributed by atoms with van der Waals surface area (Å²) in [5, 5.41) is 16.1. The molecule has 0 unspecified atom stereocenters. The number of carbonyl (C=O) groups excluding carboxylic acids is 1. The molecule has 4 aromatic rings. The lowest BCUT2D eigenvalue weighted by Crippen LogP contribution is -2.14. The molecule has 0 fully saturated rings. The number of hydrogen-bond acceptors (Lipinski definition) is 6. The summed E-state index contributed by atoms with van der Waals surface area (Å²) in [5.41, 5.74) is 1.27. The number of hydrogen-bond donors (Lipinski definition) is 1. The number of amides is 1. The fourth-order valence-corrected chi connectivity index (χ4v) is 3.33.